The minimum atomic E-state index is -0.108. The lowest BCUT2D eigenvalue weighted by Gasteiger charge is -2.06. The monoisotopic (exact) mass is 268 g/mol. The van der Waals surface area contributed by atoms with Gasteiger partial charge in [0.1, 0.15) is 6.61 Å². The zero-order valence-electron chi connectivity index (χ0n) is 12.1. The quantitative estimate of drug-likeness (QED) is 0.865. The first kappa shape index (κ1) is 14.4. The highest BCUT2D eigenvalue weighted by atomic mass is 16.2. The second-order valence-corrected chi connectivity index (χ2v) is 4.65. The molecule has 0 radical (unpaired) electrons. The van der Waals surface area contributed by atoms with Gasteiger partial charge in [0.2, 0.25) is 0 Å². The number of aliphatic hydroxyl groups is 1. The average molecular weight is 268 g/mol. The second-order valence-electron chi connectivity index (χ2n) is 4.65. The van der Waals surface area contributed by atoms with E-state index in [9.17, 15) is 0 Å². The van der Waals surface area contributed by atoms with Crippen molar-refractivity contribution in [2.75, 3.05) is 6.61 Å². The van der Waals surface area contributed by atoms with Gasteiger partial charge < -0.3 is 5.11 Å². The number of hydrogen-bond donors (Lipinski definition) is 1. The summed E-state index contributed by atoms with van der Waals surface area (Å²) >= 11 is 0. The van der Waals surface area contributed by atoms with E-state index in [4.69, 9.17) is 5.11 Å². The van der Waals surface area contributed by atoms with Crippen LogP contribution in [0.25, 0.3) is 0 Å². The molecule has 3 heteroatoms. The zero-order chi connectivity index (χ0) is 14.4. The van der Waals surface area contributed by atoms with Crippen molar-refractivity contribution in [1.29, 1.82) is 0 Å². The fourth-order valence-electron chi connectivity index (χ4n) is 2.17. The van der Waals surface area contributed by atoms with Crippen molar-refractivity contribution in [3.8, 4) is 11.8 Å². The highest BCUT2D eigenvalue weighted by Gasteiger charge is 2.06. The van der Waals surface area contributed by atoms with Gasteiger partial charge in [0.25, 0.3) is 0 Å². The molecule has 0 saturated heterocycles. The van der Waals surface area contributed by atoms with Gasteiger partial charge >= 0.3 is 0 Å². The molecular formula is C17H20N2O. The van der Waals surface area contributed by atoms with Crippen LogP contribution < -0.4 is 0 Å². The van der Waals surface area contributed by atoms with Crippen LogP contribution in [0.5, 0.6) is 0 Å². The Labute approximate surface area is 120 Å². The van der Waals surface area contributed by atoms with Crippen LogP contribution in [0.4, 0.5) is 0 Å². The standard InChI is InChI=1S/C17H20N2O/c1-3-16-12-17(4-2)19(18-16)13-15-8-5-7-14(11-15)9-6-10-20/h5,7-8,11-12,20H,3-4,10,13H2,1-2H3. The van der Waals surface area contributed by atoms with Gasteiger partial charge in [-0.15, -0.1) is 0 Å². The molecular weight excluding hydrogens is 248 g/mol. The van der Waals surface area contributed by atoms with E-state index in [0.29, 0.717) is 0 Å². The molecule has 3 nitrogen and oxygen atoms in total. The minimum absolute atomic E-state index is 0.108. The summed E-state index contributed by atoms with van der Waals surface area (Å²) in [7, 11) is 0. The van der Waals surface area contributed by atoms with Crippen molar-refractivity contribution in [3.63, 3.8) is 0 Å². The van der Waals surface area contributed by atoms with Crippen LogP contribution in [0, 0.1) is 11.8 Å². The van der Waals surface area contributed by atoms with Gasteiger partial charge in [-0.25, -0.2) is 0 Å². The minimum Gasteiger partial charge on any atom is -0.384 e. The van der Waals surface area contributed by atoms with Crippen LogP contribution in [0.2, 0.25) is 0 Å². The summed E-state index contributed by atoms with van der Waals surface area (Å²) in [6, 6.07) is 10.3. The van der Waals surface area contributed by atoms with Crippen molar-refractivity contribution >= 4 is 0 Å². The highest BCUT2D eigenvalue weighted by molar-refractivity contribution is 5.37. The molecule has 0 fully saturated rings. The predicted octanol–water partition coefficient (Wildman–Crippen LogP) is 2.40. The van der Waals surface area contributed by atoms with E-state index < -0.39 is 0 Å². The van der Waals surface area contributed by atoms with E-state index in [1.165, 1.54) is 11.3 Å². The van der Waals surface area contributed by atoms with Gasteiger partial charge in [-0.3, -0.25) is 4.68 Å². The lowest BCUT2D eigenvalue weighted by atomic mass is 10.1. The van der Waals surface area contributed by atoms with Crippen LogP contribution in [0.15, 0.2) is 30.3 Å². The maximum absolute atomic E-state index is 8.74. The van der Waals surface area contributed by atoms with Gasteiger partial charge in [-0.05, 0) is 36.6 Å². The molecule has 1 N–H and O–H groups in total. The molecule has 2 aromatic rings. The molecule has 1 aromatic carbocycles. The Hall–Kier alpha value is -2.05. The van der Waals surface area contributed by atoms with Crippen LogP contribution in [-0.4, -0.2) is 21.5 Å². The molecule has 0 unspecified atom stereocenters. The normalized spacial score (nSPS) is 10.2. The third-order valence-electron chi connectivity index (χ3n) is 3.21. The van der Waals surface area contributed by atoms with Gasteiger partial charge in [0, 0.05) is 11.3 Å². The van der Waals surface area contributed by atoms with Crippen LogP contribution in [0.1, 0.15) is 36.4 Å². The smallest absolute Gasteiger partial charge is 0.104 e. The summed E-state index contributed by atoms with van der Waals surface area (Å²) in [6.07, 6.45) is 1.94. The third-order valence-corrected chi connectivity index (χ3v) is 3.21. The molecule has 0 aliphatic rings. The van der Waals surface area contributed by atoms with Crippen molar-refractivity contribution in [2.45, 2.75) is 33.2 Å². The Morgan fingerprint density at radius 3 is 2.75 bits per heavy atom. The number of hydrogen-bond acceptors (Lipinski definition) is 2. The maximum atomic E-state index is 8.74. The predicted molar refractivity (Wildman–Crippen MR) is 80.5 cm³/mol. The number of nitrogens with zero attached hydrogens (tertiary/aromatic N) is 2. The van der Waals surface area contributed by atoms with E-state index >= 15 is 0 Å². The summed E-state index contributed by atoms with van der Waals surface area (Å²) in [6.45, 7) is 4.92. The molecule has 104 valence electrons. The molecule has 1 aromatic heterocycles. The van der Waals surface area contributed by atoms with Crippen LogP contribution in [-0.2, 0) is 19.4 Å². The highest BCUT2D eigenvalue weighted by Crippen LogP contribution is 2.11. The SMILES string of the molecule is CCc1cc(CC)n(Cc2cccc(C#CCO)c2)n1. The van der Waals surface area contributed by atoms with Crippen LogP contribution >= 0.6 is 0 Å². The first-order valence-corrected chi connectivity index (χ1v) is 7.01. The Bertz CT molecular complexity index is 632. The van der Waals surface area contributed by atoms with Crippen molar-refractivity contribution in [2.24, 2.45) is 0 Å². The largest absolute Gasteiger partial charge is 0.384 e. The lowest BCUT2D eigenvalue weighted by molar-refractivity contribution is 0.350. The number of aryl methyl sites for hydroxylation is 2. The Morgan fingerprint density at radius 1 is 1.20 bits per heavy atom. The van der Waals surface area contributed by atoms with E-state index in [2.05, 4.69) is 53.7 Å². The van der Waals surface area contributed by atoms with Gasteiger partial charge in [-0.2, -0.15) is 5.10 Å². The van der Waals surface area contributed by atoms with Gasteiger partial charge in [0.05, 0.1) is 12.2 Å². The number of aliphatic hydroxyl groups excluding tert-OH is 1. The third kappa shape index (κ3) is 3.49. The average Bonchev–Trinajstić information content (AvgIpc) is 2.87. The van der Waals surface area contributed by atoms with E-state index in [1.54, 1.807) is 0 Å². The maximum Gasteiger partial charge on any atom is 0.104 e. The van der Waals surface area contributed by atoms with Crippen molar-refractivity contribution < 1.29 is 5.11 Å². The number of rotatable bonds is 4. The topological polar surface area (TPSA) is 38.0 Å². The molecule has 0 amide bonds. The number of aromatic nitrogens is 2. The Morgan fingerprint density at radius 2 is 2.05 bits per heavy atom. The van der Waals surface area contributed by atoms with Crippen molar-refractivity contribution in [1.82, 2.24) is 9.78 Å². The molecule has 20 heavy (non-hydrogen) atoms. The first-order valence-electron chi connectivity index (χ1n) is 7.01. The Balaban J connectivity index is 2.23. The lowest BCUT2D eigenvalue weighted by Crippen LogP contribution is -2.06. The second kappa shape index (κ2) is 6.93. The molecule has 0 aliphatic heterocycles. The molecule has 0 bridgehead atoms. The molecule has 2 rings (SSSR count). The molecule has 0 spiro atoms. The molecule has 0 aliphatic carbocycles. The van der Waals surface area contributed by atoms with Crippen molar-refractivity contribution in [3.05, 3.63) is 52.8 Å². The molecule has 0 saturated carbocycles. The Kier molecular flexibility index (Phi) is 4.97. The zero-order valence-corrected chi connectivity index (χ0v) is 12.1. The number of benzene rings is 1. The van der Waals surface area contributed by atoms with E-state index in [0.717, 1.165) is 30.6 Å². The van der Waals surface area contributed by atoms with E-state index in [1.807, 2.05) is 12.1 Å². The fourth-order valence-corrected chi connectivity index (χ4v) is 2.17. The van der Waals surface area contributed by atoms with Gasteiger partial charge in [0.15, 0.2) is 0 Å². The van der Waals surface area contributed by atoms with Crippen LogP contribution in [0.3, 0.4) is 0 Å². The van der Waals surface area contributed by atoms with Gasteiger partial charge in [-0.1, -0.05) is 37.8 Å². The molecule has 0 atom stereocenters. The summed E-state index contributed by atoms with van der Waals surface area (Å²) in [5.41, 5.74) is 4.50. The molecule has 1 heterocycles. The van der Waals surface area contributed by atoms with E-state index in [-0.39, 0.29) is 6.61 Å². The summed E-state index contributed by atoms with van der Waals surface area (Å²) in [4.78, 5) is 0. The fraction of sp³-hybridized carbons (Fsp3) is 0.353. The first-order chi connectivity index (χ1) is 9.76. The summed E-state index contributed by atoms with van der Waals surface area (Å²) in [5.74, 6) is 5.61. The summed E-state index contributed by atoms with van der Waals surface area (Å²) in [5, 5.41) is 13.4. The summed E-state index contributed by atoms with van der Waals surface area (Å²) < 4.78 is 2.07.